The number of nitrogens with zero attached hydrogens (tertiary/aromatic N) is 3. The number of hydrogen-bond acceptors (Lipinski definition) is 4. The highest BCUT2D eigenvalue weighted by atomic mass is 15.2. The maximum Gasteiger partial charge on any atom is 0.130 e. The summed E-state index contributed by atoms with van der Waals surface area (Å²) < 4.78 is 0. The summed E-state index contributed by atoms with van der Waals surface area (Å²) in [6, 6.07) is 4.94. The zero-order chi connectivity index (χ0) is 15.1. The van der Waals surface area contributed by atoms with Gasteiger partial charge in [0.1, 0.15) is 5.82 Å². The largest absolute Gasteiger partial charge is 0.370 e. The Kier molecular flexibility index (Phi) is 6.46. The van der Waals surface area contributed by atoms with Crippen molar-refractivity contribution in [2.75, 3.05) is 38.5 Å². The predicted octanol–water partition coefficient (Wildman–Crippen LogP) is 2.82. The molecule has 0 atom stereocenters. The predicted molar refractivity (Wildman–Crippen MR) is 89.6 cm³/mol. The fraction of sp³-hybridized carbons (Fsp3) is 0.706. The lowest BCUT2D eigenvalue weighted by Crippen LogP contribution is -2.43. The number of rotatable bonds is 7. The Morgan fingerprint density at radius 2 is 2.10 bits per heavy atom. The van der Waals surface area contributed by atoms with E-state index in [1.54, 1.807) is 0 Å². The van der Waals surface area contributed by atoms with E-state index in [0.717, 1.165) is 25.3 Å². The molecule has 1 aromatic heterocycles. The molecule has 0 aliphatic carbocycles. The van der Waals surface area contributed by atoms with E-state index in [1.807, 2.05) is 12.3 Å². The topological polar surface area (TPSA) is 31.4 Å². The molecule has 0 aromatic carbocycles. The van der Waals surface area contributed by atoms with Crippen molar-refractivity contribution >= 4 is 5.82 Å². The summed E-state index contributed by atoms with van der Waals surface area (Å²) >= 11 is 0. The molecule has 4 nitrogen and oxygen atoms in total. The average Bonchev–Trinajstić information content (AvgIpc) is 2.54. The third-order valence-corrected chi connectivity index (χ3v) is 4.48. The first-order valence-corrected chi connectivity index (χ1v) is 8.35. The van der Waals surface area contributed by atoms with Gasteiger partial charge in [-0.05, 0) is 52.0 Å². The van der Waals surface area contributed by atoms with Gasteiger partial charge in [-0.25, -0.2) is 4.98 Å². The number of aromatic nitrogens is 1. The molecule has 0 saturated carbocycles. The van der Waals surface area contributed by atoms with Crippen molar-refractivity contribution in [2.45, 2.75) is 45.7 Å². The van der Waals surface area contributed by atoms with Gasteiger partial charge >= 0.3 is 0 Å². The van der Waals surface area contributed by atoms with Gasteiger partial charge in [-0.1, -0.05) is 19.9 Å². The molecule has 0 bridgehead atoms. The third kappa shape index (κ3) is 4.68. The second-order valence-corrected chi connectivity index (χ2v) is 6.02. The van der Waals surface area contributed by atoms with Crippen molar-refractivity contribution in [1.29, 1.82) is 0 Å². The van der Waals surface area contributed by atoms with Crippen molar-refractivity contribution in [2.24, 2.45) is 0 Å². The molecule has 2 heterocycles. The molecular formula is C17H30N4. The first kappa shape index (κ1) is 16.2. The van der Waals surface area contributed by atoms with Crippen LogP contribution in [0, 0.1) is 0 Å². The molecule has 4 heteroatoms. The van der Waals surface area contributed by atoms with Crippen LogP contribution in [0.4, 0.5) is 5.82 Å². The lowest BCUT2D eigenvalue weighted by molar-refractivity contribution is 0.127. The van der Waals surface area contributed by atoms with Crippen LogP contribution in [0.25, 0.3) is 0 Å². The van der Waals surface area contributed by atoms with Crippen LogP contribution in [0.5, 0.6) is 0 Å². The summed E-state index contributed by atoms with van der Waals surface area (Å²) in [6.45, 7) is 10.1. The van der Waals surface area contributed by atoms with Gasteiger partial charge in [0.05, 0.1) is 0 Å². The van der Waals surface area contributed by atoms with Crippen LogP contribution < -0.4 is 5.32 Å². The fourth-order valence-electron chi connectivity index (χ4n) is 3.04. The second kappa shape index (κ2) is 8.35. The van der Waals surface area contributed by atoms with Gasteiger partial charge in [0.2, 0.25) is 0 Å². The van der Waals surface area contributed by atoms with E-state index in [4.69, 9.17) is 0 Å². The zero-order valence-electron chi connectivity index (χ0n) is 13.8. The summed E-state index contributed by atoms with van der Waals surface area (Å²) in [5.41, 5.74) is 1.31. The van der Waals surface area contributed by atoms with Crippen molar-refractivity contribution in [3.8, 4) is 0 Å². The van der Waals surface area contributed by atoms with Crippen LogP contribution in [0.1, 0.15) is 38.7 Å². The summed E-state index contributed by atoms with van der Waals surface area (Å²) in [5, 5.41) is 3.44. The van der Waals surface area contributed by atoms with Crippen LogP contribution in [0.3, 0.4) is 0 Å². The molecule has 0 radical (unpaired) electrons. The first-order chi connectivity index (χ1) is 10.2. The van der Waals surface area contributed by atoms with E-state index in [-0.39, 0.29) is 0 Å². The molecule has 0 unspecified atom stereocenters. The number of pyridine rings is 1. The smallest absolute Gasteiger partial charge is 0.130 e. The van der Waals surface area contributed by atoms with Gasteiger partial charge < -0.3 is 10.2 Å². The van der Waals surface area contributed by atoms with E-state index < -0.39 is 0 Å². The van der Waals surface area contributed by atoms with Gasteiger partial charge in [-0.15, -0.1) is 0 Å². The summed E-state index contributed by atoms with van der Waals surface area (Å²) in [5.74, 6) is 1.05. The van der Waals surface area contributed by atoms with E-state index >= 15 is 0 Å². The van der Waals surface area contributed by atoms with E-state index in [9.17, 15) is 0 Å². The molecule has 1 N–H and O–H groups in total. The normalized spacial score (nSPS) is 17.3. The highest BCUT2D eigenvalue weighted by Gasteiger charge is 2.22. The Labute approximate surface area is 129 Å². The second-order valence-electron chi connectivity index (χ2n) is 6.02. The highest BCUT2D eigenvalue weighted by Crippen LogP contribution is 2.20. The molecule has 2 rings (SSSR count). The minimum atomic E-state index is 0.701. The number of nitrogens with one attached hydrogen (secondary N) is 1. The Morgan fingerprint density at radius 1 is 1.33 bits per heavy atom. The van der Waals surface area contributed by atoms with E-state index in [2.05, 4.69) is 47.1 Å². The quantitative estimate of drug-likeness (QED) is 0.837. The molecule has 1 aliphatic heterocycles. The minimum Gasteiger partial charge on any atom is -0.370 e. The standard InChI is InChI=1S/C17H30N4/c1-4-10-18-17-15(7-6-11-19-17)14-20(3)16-8-12-21(5-2)13-9-16/h6-7,11,16H,4-5,8-10,12-14H2,1-3H3,(H,18,19). The Balaban J connectivity index is 1.92. The summed E-state index contributed by atoms with van der Waals surface area (Å²) in [4.78, 5) is 9.54. The van der Waals surface area contributed by atoms with Gasteiger partial charge in [-0.3, -0.25) is 4.90 Å². The van der Waals surface area contributed by atoms with Crippen molar-refractivity contribution in [3.63, 3.8) is 0 Å². The third-order valence-electron chi connectivity index (χ3n) is 4.48. The fourth-order valence-corrected chi connectivity index (χ4v) is 3.04. The van der Waals surface area contributed by atoms with Crippen molar-refractivity contribution in [1.82, 2.24) is 14.8 Å². The molecule has 21 heavy (non-hydrogen) atoms. The SMILES string of the molecule is CCCNc1ncccc1CN(C)C1CCN(CC)CC1. The van der Waals surface area contributed by atoms with E-state index in [0.29, 0.717) is 6.04 Å². The molecule has 0 amide bonds. The zero-order valence-corrected chi connectivity index (χ0v) is 13.8. The maximum absolute atomic E-state index is 4.49. The Morgan fingerprint density at radius 3 is 2.76 bits per heavy atom. The summed E-state index contributed by atoms with van der Waals surface area (Å²) in [7, 11) is 2.25. The Hall–Kier alpha value is -1.13. The minimum absolute atomic E-state index is 0.701. The number of anilines is 1. The molecule has 1 aromatic rings. The molecule has 1 saturated heterocycles. The average molecular weight is 290 g/mol. The molecule has 1 aliphatic rings. The van der Waals surface area contributed by atoms with Gasteiger partial charge in [0.25, 0.3) is 0 Å². The van der Waals surface area contributed by atoms with Crippen molar-refractivity contribution < 1.29 is 0 Å². The Bertz CT molecular complexity index is 413. The molecule has 118 valence electrons. The maximum atomic E-state index is 4.49. The number of likely N-dealkylation sites (tertiary alicyclic amines) is 1. The molecule has 1 fully saturated rings. The van der Waals surface area contributed by atoms with Gasteiger partial charge in [0.15, 0.2) is 0 Å². The van der Waals surface area contributed by atoms with Crippen LogP contribution in [-0.4, -0.2) is 54.1 Å². The number of piperidine rings is 1. The highest BCUT2D eigenvalue weighted by molar-refractivity contribution is 5.43. The van der Waals surface area contributed by atoms with Crippen LogP contribution in [0.15, 0.2) is 18.3 Å². The van der Waals surface area contributed by atoms with Gasteiger partial charge in [-0.2, -0.15) is 0 Å². The lowest BCUT2D eigenvalue weighted by Gasteiger charge is -2.36. The van der Waals surface area contributed by atoms with Crippen LogP contribution in [0.2, 0.25) is 0 Å². The van der Waals surface area contributed by atoms with Gasteiger partial charge in [0, 0.05) is 30.9 Å². The monoisotopic (exact) mass is 290 g/mol. The van der Waals surface area contributed by atoms with Crippen LogP contribution in [-0.2, 0) is 6.54 Å². The molecular weight excluding hydrogens is 260 g/mol. The van der Waals surface area contributed by atoms with Crippen LogP contribution >= 0.6 is 0 Å². The van der Waals surface area contributed by atoms with E-state index in [1.165, 1.54) is 38.0 Å². The first-order valence-electron chi connectivity index (χ1n) is 8.35. The number of hydrogen-bond donors (Lipinski definition) is 1. The summed E-state index contributed by atoms with van der Waals surface area (Å²) in [6.07, 6.45) is 5.56. The van der Waals surface area contributed by atoms with Crippen molar-refractivity contribution in [3.05, 3.63) is 23.9 Å². The lowest BCUT2D eigenvalue weighted by atomic mass is 10.0. The molecule has 0 spiro atoms.